The Morgan fingerprint density at radius 2 is 0.389 bits per heavy atom. The molecule has 0 atom stereocenters. The third-order valence-corrected chi connectivity index (χ3v) is 6.20. The Hall–Kier alpha value is -3.92. The minimum absolute atomic E-state index is 1.23. The van der Waals surface area contributed by atoms with E-state index >= 15 is 0 Å². The van der Waals surface area contributed by atoms with Crippen molar-refractivity contribution < 1.29 is 0 Å². The van der Waals surface area contributed by atoms with E-state index < -0.39 is 0 Å². The molecule has 0 aliphatic carbocycles. The molecule has 0 saturated heterocycles. The molecule has 0 saturated carbocycles. The van der Waals surface area contributed by atoms with E-state index in [1.165, 1.54) is 45.0 Å². The first kappa shape index (κ1) is 26.7. The number of rotatable bonds is 6. The minimum Gasteiger partial charge on any atom is -0.378 e. The van der Waals surface area contributed by atoms with Crippen LogP contribution in [0.3, 0.4) is 0 Å². The quantitative estimate of drug-likeness (QED) is 0.295. The zero-order chi connectivity index (χ0) is 26.2. The lowest BCUT2D eigenvalue weighted by Crippen LogP contribution is -2.08. The average Bonchev–Trinajstić information content (AvgIpc) is 2.89. The molecule has 0 bridgehead atoms. The second-order valence-corrected chi connectivity index (χ2v) is 9.77. The highest BCUT2D eigenvalue weighted by molar-refractivity contribution is 5.69. The zero-order valence-corrected chi connectivity index (χ0v) is 23.0. The number of hydrogen-bond acceptors (Lipinski definition) is 4. The summed E-state index contributed by atoms with van der Waals surface area (Å²) in [4.78, 5) is 8.44. The van der Waals surface area contributed by atoms with Crippen LogP contribution in [-0.2, 0) is 0 Å². The molecule has 4 aromatic rings. The van der Waals surface area contributed by atoms with Gasteiger partial charge in [0.15, 0.2) is 0 Å². The molecular weight excluding hydrogens is 440 g/mol. The van der Waals surface area contributed by atoms with Crippen molar-refractivity contribution in [2.75, 3.05) is 76.0 Å². The first-order valence-electron chi connectivity index (χ1n) is 12.3. The smallest absolute Gasteiger partial charge is 0.0361 e. The van der Waals surface area contributed by atoms with Crippen molar-refractivity contribution in [1.82, 2.24) is 0 Å². The first-order valence-corrected chi connectivity index (χ1v) is 12.3. The van der Waals surface area contributed by atoms with Gasteiger partial charge in [-0.25, -0.2) is 0 Å². The molecule has 0 spiro atoms. The average molecular weight is 481 g/mol. The van der Waals surface area contributed by atoms with E-state index in [1.54, 1.807) is 0 Å². The van der Waals surface area contributed by atoms with E-state index in [9.17, 15) is 0 Å². The molecule has 188 valence electrons. The standard InChI is InChI=1S/2C16H20N2/c2*1-17(2)15-9-5-13(6-10-15)14-7-11-16(12-8-14)18(3)4/h2*5-12H,1-4H3. The molecule has 0 unspecified atom stereocenters. The van der Waals surface area contributed by atoms with E-state index in [4.69, 9.17) is 0 Å². The van der Waals surface area contributed by atoms with Crippen LogP contribution in [0.15, 0.2) is 97.1 Å². The Kier molecular flexibility index (Phi) is 9.02. The molecule has 0 aliphatic heterocycles. The molecule has 0 aromatic heterocycles. The lowest BCUT2D eigenvalue weighted by atomic mass is 10.0. The van der Waals surface area contributed by atoms with Gasteiger partial charge in [0, 0.05) is 79.1 Å². The van der Waals surface area contributed by atoms with Gasteiger partial charge in [0.25, 0.3) is 0 Å². The molecule has 0 fully saturated rings. The summed E-state index contributed by atoms with van der Waals surface area (Å²) in [5, 5.41) is 0. The summed E-state index contributed by atoms with van der Waals surface area (Å²) in [6.45, 7) is 0. The van der Waals surface area contributed by atoms with Crippen LogP contribution in [0, 0.1) is 0 Å². The molecule has 4 heteroatoms. The molecule has 4 rings (SSSR count). The second kappa shape index (κ2) is 12.2. The van der Waals surface area contributed by atoms with Gasteiger partial charge in [-0.05, 0) is 70.8 Å². The van der Waals surface area contributed by atoms with E-state index in [-0.39, 0.29) is 0 Å². The topological polar surface area (TPSA) is 13.0 Å². The van der Waals surface area contributed by atoms with Gasteiger partial charge in [0.05, 0.1) is 0 Å². The van der Waals surface area contributed by atoms with Gasteiger partial charge in [-0.1, -0.05) is 48.5 Å². The van der Waals surface area contributed by atoms with Gasteiger partial charge in [-0.3, -0.25) is 0 Å². The molecule has 0 heterocycles. The molecule has 0 radical (unpaired) electrons. The molecular formula is C32H40N4. The third kappa shape index (κ3) is 7.05. The number of anilines is 4. The van der Waals surface area contributed by atoms with Gasteiger partial charge in [0.2, 0.25) is 0 Å². The van der Waals surface area contributed by atoms with Crippen LogP contribution < -0.4 is 19.6 Å². The molecule has 0 amide bonds. The summed E-state index contributed by atoms with van der Waals surface area (Å²) in [5.74, 6) is 0. The van der Waals surface area contributed by atoms with Crippen molar-refractivity contribution in [3.05, 3.63) is 97.1 Å². The molecule has 4 nitrogen and oxygen atoms in total. The van der Waals surface area contributed by atoms with Gasteiger partial charge in [-0.15, -0.1) is 0 Å². The predicted molar refractivity (Wildman–Crippen MR) is 161 cm³/mol. The van der Waals surface area contributed by atoms with Gasteiger partial charge < -0.3 is 19.6 Å². The molecule has 36 heavy (non-hydrogen) atoms. The largest absolute Gasteiger partial charge is 0.378 e. The maximum absolute atomic E-state index is 2.17. The maximum Gasteiger partial charge on any atom is 0.0361 e. The summed E-state index contributed by atoms with van der Waals surface area (Å²) in [5.41, 5.74) is 9.92. The highest BCUT2D eigenvalue weighted by Gasteiger charge is 2.02. The fourth-order valence-electron chi connectivity index (χ4n) is 3.81. The lowest BCUT2D eigenvalue weighted by Gasteiger charge is -2.14. The van der Waals surface area contributed by atoms with Crippen molar-refractivity contribution in [1.29, 1.82) is 0 Å². The fraction of sp³-hybridized carbons (Fsp3) is 0.250. The van der Waals surface area contributed by atoms with Crippen molar-refractivity contribution in [2.45, 2.75) is 0 Å². The summed E-state index contributed by atoms with van der Waals surface area (Å²) in [7, 11) is 16.5. The SMILES string of the molecule is CN(C)c1ccc(-c2ccc(N(C)C)cc2)cc1.CN(C)c1ccc(-c2ccc(N(C)C)cc2)cc1. The van der Waals surface area contributed by atoms with Gasteiger partial charge in [0.1, 0.15) is 0 Å². The van der Waals surface area contributed by atoms with Crippen LogP contribution in [-0.4, -0.2) is 56.4 Å². The van der Waals surface area contributed by atoms with Gasteiger partial charge in [-0.2, -0.15) is 0 Å². The predicted octanol–water partition coefficient (Wildman–Crippen LogP) is 6.97. The highest BCUT2D eigenvalue weighted by atomic mass is 15.1. The van der Waals surface area contributed by atoms with Crippen LogP contribution in [0.25, 0.3) is 22.3 Å². The van der Waals surface area contributed by atoms with Crippen LogP contribution >= 0.6 is 0 Å². The van der Waals surface area contributed by atoms with Crippen molar-refractivity contribution in [3.63, 3.8) is 0 Å². The van der Waals surface area contributed by atoms with Crippen molar-refractivity contribution >= 4 is 22.7 Å². The Morgan fingerprint density at radius 3 is 0.500 bits per heavy atom. The van der Waals surface area contributed by atoms with Crippen LogP contribution in [0.2, 0.25) is 0 Å². The number of nitrogens with zero attached hydrogens (tertiary/aromatic N) is 4. The molecule has 4 aromatic carbocycles. The third-order valence-electron chi connectivity index (χ3n) is 6.20. The van der Waals surface area contributed by atoms with Crippen molar-refractivity contribution in [3.8, 4) is 22.3 Å². The van der Waals surface area contributed by atoms with E-state index in [0.717, 1.165) is 0 Å². The summed E-state index contributed by atoms with van der Waals surface area (Å²) >= 11 is 0. The Morgan fingerprint density at radius 1 is 0.250 bits per heavy atom. The Balaban J connectivity index is 0.000000201. The monoisotopic (exact) mass is 480 g/mol. The maximum atomic E-state index is 2.17. The first-order chi connectivity index (χ1) is 17.2. The van der Waals surface area contributed by atoms with Crippen LogP contribution in [0.1, 0.15) is 0 Å². The van der Waals surface area contributed by atoms with Gasteiger partial charge >= 0.3 is 0 Å². The van der Waals surface area contributed by atoms with E-state index in [0.29, 0.717) is 0 Å². The zero-order valence-electron chi connectivity index (χ0n) is 23.0. The highest BCUT2D eigenvalue weighted by Crippen LogP contribution is 2.25. The summed E-state index contributed by atoms with van der Waals surface area (Å²) < 4.78 is 0. The summed E-state index contributed by atoms with van der Waals surface area (Å²) in [6, 6.07) is 34.5. The Bertz CT molecular complexity index is 991. The Labute approximate surface area is 218 Å². The van der Waals surface area contributed by atoms with E-state index in [2.05, 4.69) is 173 Å². The molecule has 0 aliphatic rings. The normalized spacial score (nSPS) is 10.2. The van der Waals surface area contributed by atoms with Crippen LogP contribution in [0.5, 0.6) is 0 Å². The number of hydrogen-bond donors (Lipinski definition) is 0. The van der Waals surface area contributed by atoms with Crippen molar-refractivity contribution in [2.24, 2.45) is 0 Å². The molecule has 0 N–H and O–H groups in total. The fourth-order valence-corrected chi connectivity index (χ4v) is 3.81. The lowest BCUT2D eigenvalue weighted by molar-refractivity contribution is 1.13. The number of benzene rings is 4. The van der Waals surface area contributed by atoms with E-state index in [1.807, 2.05) is 0 Å². The minimum atomic E-state index is 1.23. The van der Waals surface area contributed by atoms with Crippen LogP contribution in [0.4, 0.5) is 22.7 Å². The second-order valence-electron chi connectivity index (χ2n) is 9.77. The summed E-state index contributed by atoms with van der Waals surface area (Å²) in [6.07, 6.45) is 0.